The molecule has 0 aliphatic carbocycles. The Bertz CT molecular complexity index is 549. The van der Waals surface area contributed by atoms with E-state index in [1.165, 1.54) is 11.1 Å². The zero-order valence-corrected chi connectivity index (χ0v) is 16.7. The summed E-state index contributed by atoms with van der Waals surface area (Å²) in [6.07, 6.45) is 1.83. The predicted molar refractivity (Wildman–Crippen MR) is 108 cm³/mol. The standard InChI is InChI=1S/C17H26N4O2.HI/c1-3-13-6-5-7-14(4-2)16(13)20-17(18)19-12-15(22)21-8-10-23-11-9-21;/h5-7H,3-4,8-12H2,1-2H3,(H3,18,19,20);1H. The molecule has 1 aromatic rings. The first-order chi connectivity index (χ1) is 11.2. The highest BCUT2D eigenvalue weighted by molar-refractivity contribution is 14.0. The van der Waals surface area contributed by atoms with Crippen LogP contribution in [0.4, 0.5) is 5.69 Å². The number of carbonyl (C=O) groups excluding carboxylic acids is 1. The highest BCUT2D eigenvalue weighted by Crippen LogP contribution is 2.22. The zero-order valence-electron chi connectivity index (χ0n) is 14.4. The lowest BCUT2D eigenvalue weighted by molar-refractivity contribution is -0.133. The number of hydrogen-bond acceptors (Lipinski definition) is 3. The molecular formula is C17H27IN4O2. The highest BCUT2D eigenvalue weighted by Gasteiger charge is 2.16. The second-order valence-corrected chi connectivity index (χ2v) is 5.48. The quantitative estimate of drug-likeness (QED) is 0.412. The minimum atomic E-state index is -0.0162. The summed E-state index contributed by atoms with van der Waals surface area (Å²) in [7, 11) is 0. The maximum Gasteiger partial charge on any atom is 0.244 e. The van der Waals surface area contributed by atoms with Gasteiger partial charge in [0.25, 0.3) is 0 Å². The number of halogens is 1. The largest absolute Gasteiger partial charge is 0.378 e. The van der Waals surface area contributed by atoms with Crippen molar-refractivity contribution in [3.05, 3.63) is 29.3 Å². The molecule has 1 aromatic carbocycles. The number of morpholine rings is 1. The molecule has 0 aromatic heterocycles. The number of carbonyl (C=O) groups is 1. The zero-order chi connectivity index (χ0) is 16.7. The minimum Gasteiger partial charge on any atom is -0.378 e. The van der Waals surface area contributed by atoms with Gasteiger partial charge in [-0.15, -0.1) is 24.0 Å². The number of nitrogens with one attached hydrogen (secondary N) is 1. The highest BCUT2D eigenvalue weighted by atomic mass is 127. The average molecular weight is 446 g/mol. The molecule has 24 heavy (non-hydrogen) atoms. The topological polar surface area (TPSA) is 79.9 Å². The van der Waals surface area contributed by atoms with Gasteiger partial charge in [-0.25, -0.2) is 4.99 Å². The van der Waals surface area contributed by atoms with E-state index in [4.69, 9.17) is 10.5 Å². The van der Waals surface area contributed by atoms with Gasteiger partial charge < -0.3 is 20.7 Å². The van der Waals surface area contributed by atoms with Gasteiger partial charge in [-0.1, -0.05) is 32.0 Å². The Balaban J connectivity index is 0.00000288. The molecule has 0 saturated carbocycles. The molecule has 1 heterocycles. The number of aliphatic imine (C=N–C) groups is 1. The van der Waals surface area contributed by atoms with Crippen molar-refractivity contribution in [3.8, 4) is 0 Å². The lowest BCUT2D eigenvalue weighted by Gasteiger charge is -2.26. The number of nitrogens with zero attached hydrogens (tertiary/aromatic N) is 2. The van der Waals surface area contributed by atoms with Gasteiger partial charge in [-0.2, -0.15) is 0 Å². The van der Waals surface area contributed by atoms with E-state index in [-0.39, 0.29) is 42.4 Å². The molecule has 7 heteroatoms. The van der Waals surface area contributed by atoms with Crippen LogP contribution in [0.2, 0.25) is 0 Å². The molecule has 134 valence electrons. The number of nitrogens with two attached hydrogens (primary N) is 1. The summed E-state index contributed by atoms with van der Waals surface area (Å²) >= 11 is 0. The normalized spacial score (nSPS) is 14.9. The number of hydrogen-bond donors (Lipinski definition) is 2. The van der Waals surface area contributed by atoms with Crippen LogP contribution in [0, 0.1) is 0 Å². The smallest absolute Gasteiger partial charge is 0.244 e. The molecule has 1 aliphatic heterocycles. The summed E-state index contributed by atoms with van der Waals surface area (Å²) in [5, 5.41) is 3.17. The molecule has 0 bridgehead atoms. The fourth-order valence-corrected chi connectivity index (χ4v) is 2.64. The number of anilines is 1. The van der Waals surface area contributed by atoms with Crippen LogP contribution >= 0.6 is 24.0 Å². The van der Waals surface area contributed by atoms with Crippen molar-refractivity contribution in [3.63, 3.8) is 0 Å². The van der Waals surface area contributed by atoms with Crippen LogP contribution in [-0.2, 0) is 22.4 Å². The van der Waals surface area contributed by atoms with E-state index in [0.717, 1.165) is 18.5 Å². The molecule has 1 aliphatic rings. The van der Waals surface area contributed by atoms with Crippen LogP contribution in [0.5, 0.6) is 0 Å². The van der Waals surface area contributed by atoms with Crippen LogP contribution in [0.1, 0.15) is 25.0 Å². The number of benzene rings is 1. The van der Waals surface area contributed by atoms with Gasteiger partial charge in [-0.05, 0) is 24.0 Å². The first-order valence-electron chi connectivity index (χ1n) is 8.18. The number of guanidine groups is 1. The van der Waals surface area contributed by atoms with Crippen molar-refractivity contribution in [1.29, 1.82) is 0 Å². The van der Waals surface area contributed by atoms with Gasteiger partial charge in [0.05, 0.1) is 13.2 Å². The lowest BCUT2D eigenvalue weighted by atomic mass is 10.0. The number of aryl methyl sites for hydroxylation is 2. The summed E-state index contributed by atoms with van der Waals surface area (Å²) in [6, 6.07) is 6.21. The summed E-state index contributed by atoms with van der Waals surface area (Å²) in [5.74, 6) is 0.264. The maximum absolute atomic E-state index is 12.1. The Labute approximate surface area is 160 Å². The van der Waals surface area contributed by atoms with E-state index >= 15 is 0 Å². The van der Waals surface area contributed by atoms with Gasteiger partial charge in [0, 0.05) is 18.8 Å². The van der Waals surface area contributed by atoms with Gasteiger partial charge in [0.15, 0.2) is 5.96 Å². The van der Waals surface area contributed by atoms with E-state index in [1.807, 2.05) is 0 Å². The number of rotatable bonds is 5. The van der Waals surface area contributed by atoms with E-state index < -0.39 is 0 Å². The molecule has 6 nitrogen and oxygen atoms in total. The number of ether oxygens (including phenoxy) is 1. The Kier molecular flexibility index (Phi) is 9.05. The van der Waals surface area contributed by atoms with Crippen molar-refractivity contribution in [2.24, 2.45) is 10.7 Å². The number of amides is 1. The Morgan fingerprint density at radius 3 is 2.38 bits per heavy atom. The lowest BCUT2D eigenvalue weighted by Crippen LogP contribution is -2.42. The van der Waals surface area contributed by atoms with E-state index in [1.54, 1.807) is 4.90 Å². The van der Waals surface area contributed by atoms with E-state index in [2.05, 4.69) is 42.4 Å². The molecule has 0 unspecified atom stereocenters. The van der Waals surface area contributed by atoms with E-state index in [9.17, 15) is 4.79 Å². The van der Waals surface area contributed by atoms with Crippen LogP contribution in [-0.4, -0.2) is 49.6 Å². The van der Waals surface area contributed by atoms with E-state index in [0.29, 0.717) is 26.3 Å². The first-order valence-corrected chi connectivity index (χ1v) is 8.18. The maximum atomic E-state index is 12.1. The molecule has 0 atom stereocenters. The van der Waals surface area contributed by atoms with Crippen LogP contribution in [0.3, 0.4) is 0 Å². The molecule has 1 saturated heterocycles. The SMILES string of the molecule is CCc1cccc(CC)c1NC(N)=NCC(=O)N1CCOCC1.I. The fraction of sp³-hybridized carbons (Fsp3) is 0.529. The van der Waals surface area contributed by atoms with Crippen molar-refractivity contribution in [2.75, 3.05) is 38.2 Å². The molecule has 1 amide bonds. The first kappa shape index (κ1) is 20.7. The summed E-state index contributed by atoms with van der Waals surface area (Å²) in [6.45, 7) is 6.71. The van der Waals surface area contributed by atoms with Gasteiger partial charge in [0.2, 0.25) is 5.91 Å². The Hall–Kier alpha value is -1.35. The molecule has 0 spiro atoms. The minimum absolute atomic E-state index is 0. The van der Waals surface area contributed by atoms with Crippen molar-refractivity contribution in [2.45, 2.75) is 26.7 Å². The average Bonchev–Trinajstić information content (AvgIpc) is 2.60. The molecule has 3 N–H and O–H groups in total. The Morgan fingerprint density at radius 2 is 1.83 bits per heavy atom. The second kappa shape index (κ2) is 10.5. The molecule has 0 radical (unpaired) electrons. The number of para-hydroxylation sites is 1. The van der Waals surface area contributed by atoms with Gasteiger partial charge >= 0.3 is 0 Å². The molecule has 1 fully saturated rings. The third-order valence-electron chi connectivity index (χ3n) is 4.00. The summed E-state index contributed by atoms with van der Waals surface area (Å²) < 4.78 is 5.24. The third-order valence-corrected chi connectivity index (χ3v) is 4.00. The fourth-order valence-electron chi connectivity index (χ4n) is 2.64. The summed E-state index contributed by atoms with van der Waals surface area (Å²) in [4.78, 5) is 18.0. The summed E-state index contributed by atoms with van der Waals surface area (Å²) in [5.41, 5.74) is 9.38. The molecular weight excluding hydrogens is 419 g/mol. The van der Waals surface area contributed by atoms with Crippen molar-refractivity contribution < 1.29 is 9.53 Å². The van der Waals surface area contributed by atoms with Crippen LogP contribution in [0.25, 0.3) is 0 Å². The van der Waals surface area contributed by atoms with Crippen LogP contribution < -0.4 is 11.1 Å². The third kappa shape index (κ3) is 5.62. The van der Waals surface area contributed by atoms with Gasteiger partial charge in [-0.3, -0.25) is 4.79 Å². The monoisotopic (exact) mass is 446 g/mol. The van der Waals surface area contributed by atoms with Crippen molar-refractivity contribution in [1.82, 2.24) is 4.90 Å². The van der Waals surface area contributed by atoms with Crippen molar-refractivity contribution >= 4 is 41.5 Å². The molecule has 2 rings (SSSR count). The van der Waals surface area contributed by atoms with Crippen LogP contribution in [0.15, 0.2) is 23.2 Å². The predicted octanol–water partition coefficient (Wildman–Crippen LogP) is 2.01. The second-order valence-electron chi connectivity index (χ2n) is 5.48. The van der Waals surface area contributed by atoms with Gasteiger partial charge in [0.1, 0.15) is 6.54 Å². The Morgan fingerprint density at radius 1 is 1.25 bits per heavy atom.